The van der Waals surface area contributed by atoms with Gasteiger partial charge in [-0.1, -0.05) is 0 Å². The second-order valence-electron chi connectivity index (χ2n) is 8.85. The third kappa shape index (κ3) is 6.91. The van der Waals surface area contributed by atoms with E-state index in [1.807, 2.05) is 0 Å². The Hall–Kier alpha value is -0.690. The summed E-state index contributed by atoms with van der Waals surface area (Å²) in [7, 11) is -5.06. The highest BCUT2D eigenvalue weighted by Crippen LogP contribution is 2.33. The van der Waals surface area contributed by atoms with E-state index in [9.17, 15) is 54.4 Å². The van der Waals surface area contributed by atoms with Crippen LogP contribution in [0.2, 0.25) is 0 Å². The van der Waals surface area contributed by atoms with Gasteiger partial charge in [0, 0.05) is 0 Å². The molecule has 3 rings (SSSR count). The molecule has 3 heterocycles. The SMILES string of the molecule is C[C@@H]1O[C@@H](O[C@@H]2[C@@H](O)[C@H](O)O[C@H](COS(=O)(=O)O)[C@H]2O[C@@H]2O[C@H](CO)[C@H](O)[C@H](O)[C@H]2O)[C@@H](O)[C@H](O)[C@@H]1O. The Balaban J connectivity index is 1.91. The first-order valence-corrected chi connectivity index (χ1v) is 12.5. The molecule has 0 radical (unpaired) electrons. The molecule has 0 aromatic carbocycles. The van der Waals surface area contributed by atoms with Gasteiger partial charge in [0.05, 0.1) is 19.3 Å². The highest BCUT2D eigenvalue weighted by molar-refractivity contribution is 7.80. The van der Waals surface area contributed by atoms with Crippen LogP contribution in [0.1, 0.15) is 6.92 Å². The molecule has 15 atom stereocenters. The molecule has 3 aliphatic heterocycles. The smallest absolute Gasteiger partial charge is 0.394 e. The Morgan fingerprint density at radius 3 is 1.78 bits per heavy atom. The summed E-state index contributed by atoms with van der Waals surface area (Å²) in [5.41, 5.74) is 0. The van der Waals surface area contributed by atoms with Gasteiger partial charge in [0.25, 0.3) is 0 Å². The minimum atomic E-state index is -5.06. The van der Waals surface area contributed by atoms with Gasteiger partial charge < -0.3 is 69.6 Å². The summed E-state index contributed by atoms with van der Waals surface area (Å²) in [5.74, 6) is 0. The molecule has 3 saturated heterocycles. The summed E-state index contributed by atoms with van der Waals surface area (Å²) in [6.45, 7) is -0.560. The van der Waals surface area contributed by atoms with Crippen molar-refractivity contribution in [2.45, 2.75) is 99.0 Å². The molecule has 19 heteroatoms. The van der Waals surface area contributed by atoms with Crippen LogP contribution in [0.25, 0.3) is 0 Å². The van der Waals surface area contributed by atoms with Crippen LogP contribution >= 0.6 is 0 Å². The van der Waals surface area contributed by atoms with Crippen LogP contribution in [0, 0.1) is 0 Å². The van der Waals surface area contributed by atoms with Gasteiger partial charge in [-0.3, -0.25) is 4.55 Å². The van der Waals surface area contributed by atoms with E-state index in [4.69, 9.17) is 28.2 Å². The average Bonchev–Trinajstić information content (AvgIpc) is 2.83. The molecular weight excluding hydrogens is 536 g/mol. The first-order chi connectivity index (χ1) is 17.2. The van der Waals surface area contributed by atoms with Crippen LogP contribution in [0.15, 0.2) is 0 Å². The molecule has 3 fully saturated rings. The van der Waals surface area contributed by atoms with Gasteiger partial charge in [0.1, 0.15) is 67.1 Å². The van der Waals surface area contributed by atoms with Gasteiger partial charge in [0.2, 0.25) is 0 Å². The first-order valence-electron chi connectivity index (χ1n) is 11.1. The van der Waals surface area contributed by atoms with Crippen molar-refractivity contribution in [1.29, 1.82) is 0 Å². The normalized spacial score (nSPS) is 49.6. The zero-order chi connectivity index (χ0) is 27.8. The highest BCUT2D eigenvalue weighted by Gasteiger charge is 2.53. The van der Waals surface area contributed by atoms with Gasteiger partial charge >= 0.3 is 10.4 Å². The number of hydrogen-bond donors (Lipinski definition) is 10. The molecule has 0 bridgehead atoms. The molecule has 0 spiro atoms. The van der Waals surface area contributed by atoms with Crippen molar-refractivity contribution in [1.82, 2.24) is 0 Å². The van der Waals surface area contributed by atoms with E-state index in [1.165, 1.54) is 6.92 Å². The first kappa shape index (κ1) is 30.8. The highest BCUT2D eigenvalue weighted by atomic mass is 32.3. The van der Waals surface area contributed by atoms with Crippen LogP contribution in [0.5, 0.6) is 0 Å². The summed E-state index contributed by atoms with van der Waals surface area (Å²) in [4.78, 5) is 0. The fourth-order valence-electron chi connectivity index (χ4n) is 4.13. The summed E-state index contributed by atoms with van der Waals surface area (Å²) >= 11 is 0. The van der Waals surface area contributed by atoms with E-state index in [-0.39, 0.29) is 0 Å². The topological polar surface area (TPSA) is 292 Å². The van der Waals surface area contributed by atoms with Crippen LogP contribution < -0.4 is 0 Å². The lowest BCUT2D eigenvalue weighted by molar-refractivity contribution is -0.382. The van der Waals surface area contributed by atoms with Crippen molar-refractivity contribution in [3.05, 3.63) is 0 Å². The van der Waals surface area contributed by atoms with E-state index in [0.29, 0.717) is 0 Å². The molecule has 0 aromatic rings. The Morgan fingerprint density at radius 2 is 1.22 bits per heavy atom. The van der Waals surface area contributed by atoms with Crippen molar-refractivity contribution in [3.63, 3.8) is 0 Å². The van der Waals surface area contributed by atoms with E-state index in [2.05, 4.69) is 4.18 Å². The Labute approximate surface area is 210 Å². The maximum atomic E-state index is 11.1. The van der Waals surface area contributed by atoms with E-state index >= 15 is 0 Å². The minimum absolute atomic E-state index is 0.831. The van der Waals surface area contributed by atoms with Gasteiger partial charge in [-0.2, -0.15) is 8.42 Å². The number of rotatable bonds is 8. The maximum absolute atomic E-state index is 11.1. The van der Waals surface area contributed by atoms with Crippen molar-refractivity contribution in [3.8, 4) is 0 Å². The molecule has 0 aliphatic carbocycles. The van der Waals surface area contributed by atoms with Gasteiger partial charge in [-0.25, -0.2) is 4.18 Å². The Morgan fingerprint density at radius 1 is 0.676 bits per heavy atom. The number of ether oxygens (including phenoxy) is 5. The number of aliphatic hydroxyl groups is 9. The monoisotopic (exact) mass is 568 g/mol. The van der Waals surface area contributed by atoms with Crippen molar-refractivity contribution < 1.29 is 86.8 Å². The average molecular weight is 569 g/mol. The fraction of sp³-hybridized carbons (Fsp3) is 1.00. The minimum Gasteiger partial charge on any atom is -0.394 e. The largest absolute Gasteiger partial charge is 0.397 e. The standard InChI is InChI=1S/C18H32O18S/c1-4-7(20)9(22)11(24)17(32-4)36-15-13(26)16(27)33-6(3-31-37(28,29)30)14(15)35-18-12(25)10(23)8(21)5(2-19)34-18/h4-27H,2-3H2,1H3,(H,28,29,30)/t4-,5+,6+,7+,8-,9+,10-,11-,12+,13+,14+,15+,16+,17-,18-/m0/s1. The molecular formula is C18H32O18S. The number of aliphatic hydroxyl groups excluding tert-OH is 9. The predicted molar refractivity (Wildman–Crippen MR) is 110 cm³/mol. The van der Waals surface area contributed by atoms with E-state index in [1.54, 1.807) is 0 Å². The summed E-state index contributed by atoms with van der Waals surface area (Å²) in [6, 6.07) is 0. The Kier molecular flexibility index (Phi) is 10.2. The van der Waals surface area contributed by atoms with Crippen molar-refractivity contribution in [2.24, 2.45) is 0 Å². The lowest BCUT2D eigenvalue weighted by atomic mass is 9.96. The van der Waals surface area contributed by atoms with Crippen molar-refractivity contribution >= 4 is 10.4 Å². The second-order valence-corrected chi connectivity index (χ2v) is 9.94. The summed E-state index contributed by atoms with van der Waals surface area (Å²) in [5, 5.41) is 90.7. The van der Waals surface area contributed by atoms with Crippen LogP contribution in [0.4, 0.5) is 0 Å². The van der Waals surface area contributed by atoms with Gasteiger partial charge in [-0.15, -0.1) is 0 Å². The Bertz CT molecular complexity index is 843. The van der Waals surface area contributed by atoms with Crippen LogP contribution in [0.3, 0.4) is 0 Å². The zero-order valence-corrected chi connectivity index (χ0v) is 20.0. The van der Waals surface area contributed by atoms with Crippen LogP contribution in [-0.2, 0) is 38.3 Å². The summed E-state index contributed by atoms with van der Waals surface area (Å²) < 4.78 is 62.2. The molecule has 10 N–H and O–H groups in total. The molecule has 0 aromatic heterocycles. The van der Waals surface area contributed by atoms with Crippen LogP contribution in [-0.4, -0.2) is 164 Å². The van der Waals surface area contributed by atoms with Gasteiger partial charge in [0.15, 0.2) is 18.9 Å². The molecule has 0 saturated carbocycles. The van der Waals surface area contributed by atoms with Crippen molar-refractivity contribution in [2.75, 3.05) is 13.2 Å². The third-order valence-electron chi connectivity index (χ3n) is 6.25. The fourth-order valence-corrected chi connectivity index (χ4v) is 4.44. The molecule has 3 aliphatic rings. The van der Waals surface area contributed by atoms with E-state index < -0.39 is 116 Å². The van der Waals surface area contributed by atoms with Gasteiger partial charge in [-0.05, 0) is 6.92 Å². The quantitative estimate of drug-likeness (QED) is 0.122. The molecule has 37 heavy (non-hydrogen) atoms. The lowest BCUT2D eigenvalue weighted by Crippen LogP contribution is -2.66. The second kappa shape index (κ2) is 12.2. The van der Waals surface area contributed by atoms with E-state index in [0.717, 1.165) is 0 Å². The molecule has 18 nitrogen and oxygen atoms in total. The lowest BCUT2D eigenvalue weighted by Gasteiger charge is -2.48. The zero-order valence-electron chi connectivity index (χ0n) is 19.2. The molecule has 218 valence electrons. The third-order valence-corrected chi connectivity index (χ3v) is 6.69. The summed E-state index contributed by atoms with van der Waals surface area (Å²) in [6.07, 6.45) is -26.4. The number of hydrogen-bond acceptors (Lipinski definition) is 17. The molecule has 0 amide bonds. The molecule has 0 unspecified atom stereocenters. The predicted octanol–water partition coefficient (Wildman–Crippen LogP) is -6.72. The maximum Gasteiger partial charge on any atom is 0.397 e.